The third-order valence-corrected chi connectivity index (χ3v) is 7.81. The number of aliphatic hydroxyl groups is 2. The Morgan fingerprint density at radius 1 is 1.23 bits per heavy atom. The third kappa shape index (κ3) is 6.20. The van der Waals surface area contributed by atoms with Gasteiger partial charge in [-0.15, -0.1) is 0 Å². The molecule has 0 aromatic heterocycles. The van der Waals surface area contributed by atoms with Crippen molar-refractivity contribution in [3.8, 4) is 0 Å². The van der Waals surface area contributed by atoms with Crippen LogP contribution in [0.5, 0.6) is 0 Å². The molecule has 0 saturated heterocycles. The highest BCUT2D eigenvalue weighted by molar-refractivity contribution is 5.76. The van der Waals surface area contributed by atoms with E-state index >= 15 is 0 Å². The summed E-state index contributed by atoms with van der Waals surface area (Å²) in [5.74, 6) is 2.10. The van der Waals surface area contributed by atoms with Gasteiger partial charge in [-0.05, 0) is 70.1 Å². The molecule has 0 heterocycles. The van der Waals surface area contributed by atoms with Crippen molar-refractivity contribution in [1.82, 2.24) is 4.90 Å². The molecule has 0 bridgehead atoms. The van der Waals surface area contributed by atoms with Gasteiger partial charge in [-0.3, -0.25) is 4.79 Å². The van der Waals surface area contributed by atoms with Gasteiger partial charge in [-0.1, -0.05) is 49.5 Å². The Bertz CT molecular complexity index is 603. The summed E-state index contributed by atoms with van der Waals surface area (Å²) in [6.45, 7) is 5.68. The minimum absolute atomic E-state index is 0.172. The van der Waals surface area contributed by atoms with Crippen LogP contribution in [0.15, 0.2) is 23.8 Å². The van der Waals surface area contributed by atoms with E-state index < -0.39 is 0 Å². The summed E-state index contributed by atoms with van der Waals surface area (Å²) < 4.78 is 0. The van der Waals surface area contributed by atoms with E-state index in [1.807, 2.05) is 24.8 Å². The summed E-state index contributed by atoms with van der Waals surface area (Å²) in [5, 5.41) is 20.9. The highest BCUT2D eigenvalue weighted by atomic mass is 16.3. The average molecular weight is 418 g/mol. The van der Waals surface area contributed by atoms with Crippen LogP contribution in [-0.4, -0.2) is 46.3 Å². The van der Waals surface area contributed by atoms with Crippen molar-refractivity contribution in [1.29, 1.82) is 0 Å². The van der Waals surface area contributed by atoms with Crippen LogP contribution in [0.3, 0.4) is 0 Å². The Hall–Kier alpha value is -1.13. The molecule has 2 fully saturated rings. The molecule has 170 valence electrons. The van der Waals surface area contributed by atoms with E-state index in [9.17, 15) is 15.0 Å². The third-order valence-electron chi connectivity index (χ3n) is 7.81. The molecular weight excluding hydrogens is 374 g/mol. The first-order valence-corrected chi connectivity index (χ1v) is 12.5. The van der Waals surface area contributed by atoms with Crippen molar-refractivity contribution in [2.75, 3.05) is 13.1 Å². The monoisotopic (exact) mass is 417 g/mol. The lowest BCUT2D eigenvalue weighted by Crippen LogP contribution is -2.30. The van der Waals surface area contributed by atoms with Gasteiger partial charge in [0, 0.05) is 25.4 Å². The van der Waals surface area contributed by atoms with Crippen LogP contribution in [0, 0.1) is 23.7 Å². The van der Waals surface area contributed by atoms with Gasteiger partial charge in [-0.25, -0.2) is 0 Å². The molecule has 0 aliphatic heterocycles. The van der Waals surface area contributed by atoms with E-state index in [2.05, 4.69) is 12.2 Å². The van der Waals surface area contributed by atoms with E-state index in [4.69, 9.17) is 0 Å². The van der Waals surface area contributed by atoms with Gasteiger partial charge in [0.25, 0.3) is 0 Å². The number of aliphatic hydroxyl groups excluding tert-OH is 2. The van der Waals surface area contributed by atoms with Gasteiger partial charge < -0.3 is 15.1 Å². The molecular formula is C26H43NO3. The van der Waals surface area contributed by atoms with Crippen molar-refractivity contribution in [2.24, 2.45) is 23.7 Å². The zero-order chi connectivity index (χ0) is 21.5. The molecule has 0 radical (unpaired) electrons. The highest BCUT2D eigenvalue weighted by Gasteiger charge is 2.43. The van der Waals surface area contributed by atoms with E-state index in [1.165, 1.54) is 31.3 Å². The number of carbonyl (C=O) groups excluding carboxylic acids is 1. The second-order valence-corrected chi connectivity index (χ2v) is 9.85. The van der Waals surface area contributed by atoms with E-state index in [1.54, 1.807) is 0 Å². The molecule has 2 saturated carbocycles. The molecule has 3 aliphatic carbocycles. The largest absolute Gasteiger partial charge is 0.392 e. The topological polar surface area (TPSA) is 60.8 Å². The number of amides is 1. The molecule has 3 aliphatic rings. The number of unbranched alkanes of at least 4 members (excludes halogenated alkanes) is 1. The van der Waals surface area contributed by atoms with Crippen LogP contribution < -0.4 is 0 Å². The first-order chi connectivity index (χ1) is 14.5. The standard InChI is InChI=1S/C26H43NO3/c1-3-27(4-2)26(30)12-8-7-11-20-15-21-18-25(29)23(24(21)17-20)14-13-22(28)16-19-9-5-6-10-19/h13-15,19,21-25,28-29H,3-12,16-18H2,1-2H3/t21-,22+,23+,24-,25+/m0/s1. The van der Waals surface area contributed by atoms with Crippen molar-refractivity contribution in [3.63, 3.8) is 0 Å². The molecule has 0 aromatic rings. The molecule has 3 rings (SSSR count). The molecule has 0 spiro atoms. The van der Waals surface area contributed by atoms with Gasteiger partial charge in [0.15, 0.2) is 0 Å². The average Bonchev–Trinajstić information content (AvgIpc) is 3.42. The van der Waals surface area contributed by atoms with Crippen molar-refractivity contribution < 1.29 is 15.0 Å². The molecule has 4 nitrogen and oxygen atoms in total. The van der Waals surface area contributed by atoms with E-state index in [-0.39, 0.29) is 24.0 Å². The van der Waals surface area contributed by atoms with Gasteiger partial charge in [0.05, 0.1) is 12.2 Å². The quantitative estimate of drug-likeness (QED) is 0.373. The van der Waals surface area contributed by atoms with Crippen LogP contribution in [0.25, 0.3) is 0 Å². The Morgan fingerprint density at radius 2 is 1.97 bits per heavy atom. The summed E-state index contributed by atoms with van der Waals surface area (Å²) in [7, 11) is 0. The predicted molar refractivity (Wildman–Crippen MR) is 122 cm³/mol. The molecule has 0 aromatic carbocycles. The number of fused-ring (bicyclic) bond motifs is 1. The molecule has 0 unspecified atom stereocenters. The lowest BCUT2D eigenvalue weighted by molar-refractivity contribution is -0.130. The number of allylic oxidation sites excluding steroid dienone is 2. The summed E-state index contributed by atoms with van der Waals surface area (Å²) in [5.41, 5.74) is 1.51. The number of hydrogen-bond acceptors (Lipinski definition) is 3. The number of nitrogens with zero attached hydrogens (tertiary/aromatic N) is 1. The van der Waals surface area contributed by atoms with Crippen LogP contribution in [0.1, 0.15) is 84.5 Å². The fraction of sp³-hybridized carbons (Fsp3) is 0.808. The highest BCUT2D eigenvalue weighted by Crippen LogP contribution is 2.48. The second kappa shape index (κ2) is 11.5. The van der Waals surface area contributed by atoms with Gasteiger partial charge in [0.2, 0.25) is 5.91 Å². The summed E-state index contributed by atoms with van der Waals surface area (Å²) in [4.78, 5) is 14.0. The van der Waals surface area contributed by atoms with E-state index in [0.29, 0.717) is 24.2 Å². The molecule has 2 N–H and O–H groups in total. The maximum Gasteiger partial charge on any atom is 0.222 e. The minimum atomic E-state index is -0.364. The van der Waals surface area contributed by atoms with Gasteiger partial charge >= 0.3 is 0 Å². The first-order valence-electron chi connectivity index (χ1n) is 12.5. The van der Waals surface area contributed by atoms with Gasteiger partial charge in [-0.2, -0.15) is 0 Å². The van der Waals surface area contributed by atoms with Crippen molar-refractivity contribution >= 4 is 5.91 Å². The van der Waals surface area contributed by atoms with Crippen LogP contribution >= 0.6 is 0 Å². The fourth-order valence-corrected chi connectivity index (χ4v) is 6.08. The number of rotatable bonds is 11. The Labute approximate surface area is 183 Å². The fourth-order valence-electron chi connectivity index (χ4n) is 6.08. The Kier molecular flexibility index (Phi) is 9.00. The molecule has 1 amide bonds. The number of hydrogen-bond donors (Lipinski definition) is 2. The van der Waals surface area contributed by atoms with E-state index in [0.717, 1.165) is 51.6 Å². The second-order valence-electron chi connectivity index (χ2n) is 9.85. The van der Waals surface area contributed by atoms with Gasteiger partial charge in [0.1, 0.15) is 0 Å². The molecule has 30 heavy (non-hydrogen) atoms. The predicted octanol–water partition coefficient (Wildman–Crippen LogP) is 4.86. The summed E-state index contributed by atoms with van der Waals surface area (Å²) in [6.07, 6.45) is 17.5. The Morgan fingerprint density at radius 3 is 2.67 bits per heavy atom. The van der Waals surface area contributed by atoms with Crippen molar-refractivity contribution in [2.45, 2.75) is 96.7 Å². The maximum absolute atomic E-state index is 12.1. The molecule has 4 heteroatoms. The zero-order valence-corrected chi connectivity index (χ0v) is 19.1. The van der Waals surface area contributed by atoms with Crippen LogP contribution in [0.4, 0.5) is 0 Å². The normalized spacial score (nSPS) is 30.1. The van der Waals surface area contributed by atoms with Crippen molar-refractivity contribution in [3.05, 3.63) is 23.8 Å². The first kappa shape index (κ1) is 23.5. The smallest absolute Gasteiger partial charge is 0.222 e. The Balaban J connectivity index is 1.41. The van der Waals surface area contributed by atoms with Crippen LogP contribution in [-0.2, 0) is 4.79 Å². The maximum atomic E-state index is 12.1. The lowest BCUT2D eigenvalue weighted by Gasteiger charge is -2.20. The number of carbonyl (C=O) groups is 1. The summed E-state index contributed by atoms with van der Waals surface area (Å²) in [6, 6.07) is 0. The minimum Gasteiger partial charge on any atom is -0.392 e. The zero-order valence-electron chi connectivity index (χ0n) is 19.1. The molecule has 5 atom stereocenters. The SMILES string of the molecule is CCN(CC)C(=O)CCCCC1=C[C@H]2C[C@@H](O)[C@H](C=C[C@@H](O)CC3CCCC3)[C@H]2C1. The summed E-state index contributed by atoms with van der Waals surface area (Å²) >= 11 is 0. The van der Waals surface area contributed by atoms with Crippen LogP contribution in [0.2, 0.25) is 0 Å². The lowest BCUT2D eigenvalue weighted by atomic mass is 9.88.